The minimum absolute atomic E-state index is 0.0334. The summed E-state index contributed by atoms with van der Waals surface area (Å²) in [4.78, 5) is 29.7. The van der Waals surface area contributed by atoms with Gasteiger partial charge in [-0.3, -0.25) is 0 Å². The van der Waals surface area contributed by atoms with Gasteiger partial charge in [-0.1, -0.05) is 36.4 Å². The van der Waals surface area contributed by atoms with Crippen molar-refractivity contribution in [1.29, 1.82) is 0 Å². The van der Waals surface area contributed by atoms with E-state index in [1.54, 1.807) is 6.20 Å². The van der Waals surface area contributed by atoms with Crippen LogP contribution < -0.4 is 10.2 Å². The van der Waals surface area contributed by atoms with Gasteiger partial charge in [0.2, 0.25) is 0 Å². The highest BCUT2D eigenvalue weighted by Gasteiger charge is 2.38. The van der Waals surface area contributed by atoms with Gasteiger partial charge in [-0.25, -0.2) is 14.6 Å². The molecule has 1 aliphatic rings. The van der Waals surface area contributed by atoms with E-state index in [0.717, 1.165) is 23.5 Å². The van der Waals surface area contributed by atoms with Gasteiger partial charge in [0.05, 0.1) is 6.54 Å². The Hall–Kier alpha value is -3.30. The monoisotopic (exact) mass is 410 g/mol. The van der Waals surface area contributed by atoms with Crippen molar-refractivity contribution in [3.05, 3.63) is 59.8 Å². The number of likely N-dealkylation sites (N-methyl/N-ethyl adjacent to an activating group) is 1. The minimum Gasteiger partial charge on any atom is -0.475 e. The molecule has 1 aliphatic heterocycles. The summed E-state index contributed by atoms with van der Waals surface area (Å²) in [6.45, 7) is 2.61. The second-order valence-electron chi connectivity index (χ2n) is 6.28. The van der Waals surface area contributed by atoms with E-state index in [4.69, 9.17) is 9.90 Å². The molecule has 0 saturated carbocycles. The number of carbonyl (C=O) groups is 2. The number of urea groups is 1. The number of carbonyl (C=O) groups excluding carboxylic acids is 1. The number of carboxylic acid groups (broad SMARTS) is 1. The lowest BCUT2D eigenvalue weighted by Gasteiger charge is -2.21. The molecule has 10 heteroatoms. The van der Waals surface area contributed by atoms with Crippen LogP contribution in [0, 0.1) is 0 Å². The number of alkyl halides is 3. The smallest absolute Gasteiger partial charge is 0.475 e. The molecule has 156 valence electrons. The Morgan fingerprint density at radius 2 is 1.79 bits per heavy atom. The van der Waals surface area contributed by atoms with E-state index in [-0.39, 0.29) is 6.03 Å². The molecule has 1 aromatic carbocycles. The van der Waals surface area contributed by atoms with Crippen LogP contribution in [0.2, 0.25) is 0 Å². The van der Waals surface area contributed by atoms with Crippen molar-refractivity contribution in [2.24, 2.45) is 0 Å². The topological polar surface area (TPSA) is 85.8 Å². The molecule has 0 bridgehead atoms. The largest absolute Gasteiger partial charge is 0.490 e. The van der Waals surface area contributed by atoms with Crippen molar-refractivity contribution < 1.29 is 27.9 Å². The highest BCUT2D eigenvalue weighted by Crippen LogP contribution is 2.20. The quantitative estimate of drug-likeness (QED) is 0.795. The molecular weight excluding hydrogens is 389 g/mol. The number of hydrogen-bond acceptors (Lipinski definition) is 4. The third-order valence-corrected chi connectivity index (χ3v) is 4.11. The summed E-state index contributed by atoms with van der Waals surface area (Å²) >= 11 is 0. The van der Waals surface area contributed by atoms with Gasteiger partial charge in [0, 0.05) is 38.4 Å². The minimum atomic E-state index is -5.08. The molecule has 0 radical (unpaired) electrons. The van der Waals surface area contributed by atoms with E-state index in [9.17, 15) is 18.0 Å². The number of anilines is 1. The number of carboxylic acids is 1. The predicted octanol–water partition coefficient (Wildman–Crippen LogP) is 2.88. The zero-order valence-corrected chi connectivity index (χ0v) is 15.7. The van der Waals surface area contributed by atoms with E-state index in [0.29, 0.717) is 19.6 Å². The number of hydrogen-bond donors (Lipinski definition) is 2. The van der Waals surface area contributed by atoms with Crippen LogP contribution in [0.25, 0.3) is 0 Å². The fourth-order valence-electron chi connectivity index (χ4n) is 2.62. The Morgan fingerprint density at radius 3 is 2.41 bits per heavy atom. The van der Waals surface area contributed by atoms with Crippen molar-refractivity contribution in [1.82, 2.24) is 15.2 Å². The molecule has 0 aliphatic carbocycles. The number of nitrogens with zero attached hydrogens (tertiary/aromatic N) is 3. The molecular formula is C19H21F3N4O3. The molecule has 7 nitrogen and oxygen atoms in total. The number of halogens is 3. The molecule has 2 amide bonds. The van der Waals surface area contributed by atoms with Crippen LogP contribution in [0.5, 0.6) is 0 Å². The zero-order valence-electron chi connectivity index (χ0n) is 15.7. The number of amides is 2. The number of aliphatic carboxylic acids is 1. The maximum Gasteiger partial charge on any atom is 0.490 e. The van der Waals surface area contributed by atoms with E-state index < -0.39 is 12.1 Å². The first-order valence-electron chi connectivity index (χ1n) is 8.70. The number of benzene rings is 1. The molecule has 0 atom stereocenters. The molecule has 29 heavy (non-hydrogen) atoms. The van der Waals surface area contributed by atoms with Crippen molar-refractivity contribution in [3.8, 4) is 0 Å². The van der Waals surface area contributed by atoms with Crippen LogP contribution >= 0.6 is 0 Å². The third kappa shape index (κ3) is 6.66. The Balaban J connectivity index is 0.000000370. The maximum atomic E-state index is 12.4. The van der Waals surface area contributed by atoms with Crippen LogP contribution in [0.3, 0.4) is 0 Å². The fraction of sp³-hybridized carbons (Fsp3) is 0.316. The summed E-state index contributed by atoms with van der Waals surface area (Å²) in [5.74, 6) is -1.80. The molecule has 0 fully saturated rings. The second-order valence-corrected chi connectivity index (χ2v) is 6.28. The summed E-state index contributed by atoms with van der Waals surface area (Å²) in [7, 11) is 2.01. The molecule has 0 saturated heterocycles. The molecule has 3 rings (SSSR count). The van der Waals surface area contributed by atoms with Crippen molar-refractivity contribution >= 4 is 17.8 Å². The maximum absolute atomic E-state index is 12.4. The van der Waals surface area contributed by atoms with Crippen LogP contribution in [0.1, 0.15) is 11.1 Å². The lowest BCUT2D eigenvalue weighted by molar-refractivity contribution is -0.192. The predicted molar refractivity (Wildman–Crippen MR) is 100 cm³/mol. The average Bonchev–Trinajstić information content (AvgIpc) is 2.86. The summed E-state index contributed by atoms with van der Waals surface area (Å²) < 4.78 is 31.7. The van der Waals surface area contributed by atoms with Crippen LogP contribution in [-0.2, 0) is 17.9 Å². The molecule has 2 heterocycles. The van der Waals surface area contributed by atoms with E-state index in [1.807, 2.05) is 54.4 Å². The number of aromatic nitrogens is 1. The molecule has 1 aromatic heterocycles. The van der Waals surface area contributed by atoms with Crippen molar-refractivity contribution in [2.45, 2.75) is 19.3 Å². The Kier molecular flexibility index (Phi) is 7.40. The third-order valence-electron chi connectivity index (χ3n) is 4.11. The van der Waals surface area contributed by atoms with Gasteiger partial charge in [0.25, 0.3) is 0 Å². The lowest BCUT2D eigenvalue weighted by atomic mass is 10.2. The number of nitrogens with one attached hydrogen (secondary N) is 1. The fourth-order valence-corrected chi connectivity index (χ4v) is 2.62. The van der Waals surface area contributed by atoms with Crippen LogP contribution in [0.15, 0.2) is 48.7 Å². The summed E-state index contributed by atoms with van der Waals surface area (Å²) in [5.41, 5.74) is 2.18. The molecule has 2 N–H and O–H groups in total. The first-order valence-corrected chi connectivity index (χ1v) is 8.70. The second kappa shape index (κ2) is 9.76. The SMILES string of the molecule is CN1CCN(C(=O)NCc2ccccc2)Cc2cccnc21.O=C(O)C(F)(F)F. The van der Waals surface area contributed by atoms with Gasteiger partial charge < -0.3 is 20.2 Å². The van der Waals surface area contributed by atoms with E-state index >= 15 is 0 Å². The number of pyridine rings is 1. The van der Waals surface area contributed by atoms with E-state index in [1.165, 1.54) is 0 Å². The highest BCUT2D eigenvalue weighted by atomic mass is 19.4. The Morgan fingerprint density at radius 1 is 1.14 bits per heavy atom. The van der Waals surface area contributed by atoms with Gasteiger partial charge in [0.15, 0.2) is 0 Å². The summed E-state index contributed by atoms with van der Waals surface area (Å²) in [6.07, 6.45) is -3.29. The number of rotatable bonds is 2. The van der Waals surface area contributed by atoms with Gasteiger partial charge >= 0.3 is 18.2 Å². The van der Waals surface area contributed by atoms with Gasteiger partial charge in [-0.2, -0.15) is 13.2 Å². The first-order chi connectivity index (χ1) is 13.7. The average molecular weight is 410 g/mol. The molecule has 0 unspecified atom stereocenters. The van der Waals surface area contributed by atoms with Gasteiger partial charge in [0.1, 0.15) is 5.82 Å². The lowest BCUT2D eigenvalue weighted by Crippen LogP contribution is -2.41. The number of fused-ring (bicyclic) bond motifs is 1. The van der Waals surface area contributed by atoms with Crippen LogP contribution in [-0.4, -0.2) is 53.3 Å². The zero-order chi connectivity index (χ0) is 21.4. The molecule has 2 aromatic rings. The van der Waals surface area contributed by atoms with Gasteiger partial charge in [-0.15, -0.1) is 0 Å². The van der Waals surface area contributed by atoms with Crippen LogP contribution in [0.4, 0.5) is 23.8 Å². The first kappa shape index (κ1) is 22.0. The summed E-state index contributed by atoms with van der Waals surface area (Å²) in [6, 6.07) is 13.9. The van der Waals surface area contributed by atoms with Crippen molar-refractivity contribution in [3.63, 3.8) is 0 Å². The summed E-state index contributed by atoms with van der Waals surface area (Å²) in [5, 5.41) is 10.1. The normalized spacial score (nSPS) is 13.5. The van der Waals surface area contributed by atoms with Crippen molar-refractivity contribution in [2.75, 3.05) is 25.0 Å². The Bertz CT molecular complexity index is 831. The van der Waals surface area contributed by atoms with Gasteiger partial charge in [-0.05, 0) is 11.6 Å². The molecule has 0 spiro atoms. The van der Waals surface area contributed by atoms with E-state index in [2.05, 4.69) is 15.2 Å². The Labute approximate surface area is 165 Å². The standard InChI is InChI=1S/C17H20N4O.C2HF3O2/c1-20-10-11-21(13-15-8-5-9-18-16(15)20)17(22)19-12-14-6-3-2-4-7-14;3-2(4,5)1(6)7/h2-9H,10-13H2,1H3,(H,19,22);(H,6,7). The highest BCUT2D eigenvalue weighted by molar-refractivity contribution is 5.75.